The molecule has 1 nitrogen and oxygen atoms in total. The van der Waals surface area contributed by atoms with E-state index < -0.39 is 12.5 Å². The molecular weight excluding hydrogens is 124 g/mol. The average molecular weight is 137 g/mol. The van der Waals surface area contributed by atoms with Crippen LogP contribution < -0.4 is 0 Å². The largest absolute Gasteiger partial charge is 0.393 e. The zero-order valence-corrected chi connectivity index (χ0v) is 5.99. The molecule has 0 bridgehead atoms. The van der Waals surface area contributed by atoms with Gasteiger partial charge < -0.3 is 5.11 Å². The molecule has 0 amide bonds. The van der Waals surface area contributed by atoms with Gasteiger partial charge in [0.05, 0.1) is 6.10 Å². The second kappa shape index (κ2) is 3.37. The summed E-state index contributed by atoms with van der Waals surface area (Å²) in [5.74, 6) is 0. The molecule has 0 spiro atoms. The Morgan fingerprint density at radius 2 is 2.10 bits per heavy atom. The Balaban J connectivity index is 2.77. The van der Waals surface area contributed by atoms with Gasteiger partial charge in [-0.05, 0) is 18.9 Å². The topological polar surface area (TPSA) is 20.2 Å². The Morgan fingerprint density at radius 3 is 2.60 bits per heavy atom. The molecule has 1 heteroatoms. The lowest BCUT2D eigenvalue weighted by Crippen LogP contribution is -2.03. The van der Waals surface area contributed by atoms with Crippen molar-refractivity contribution in [3.8, 4) is 0 Å². The van der Waals surface area contributed by atoms with Crippen LogP contribution in [-0.4, -0.2) is 11.2 Å². The molecule has 0 aliphatic rings. The van der Waals surface area contributed by atoms with Crippen LogP contribution in [0.2, 0.25) is 0 Å². The first-order chi connectivity index (χ1) is 5.22. The van der Waals surface area contributed by atoms with Gasteiger partial charge in [-0.3, -0.25) is 0 Å². The van der Waals surface area contributed by atoms with Gasteiger partial charge >= 0.3 is 0 Å². The SMILES string of the molecule is [2H][C@H](c1ccccc1)[C@@H](C)O. The average Bonchev–Trinajstić information content (AvgIpc) is 2.05. The highest BCUT2D eigenvalue weighted by Crippen LogP contribution is 2.01. The zero-order chi connectivity index (χ0) is 8.27. The van der Waals surface area contributed by atoms with Crippen molar-refractivity contribution in [1.29, 1.82) is 0 Å². The quantitative estimate of drug-likeness (QED) is 0.656. The predicted octanol–water partition coefficient (Wildman–Crippen LogP) is 1.61. The zero-order valence-electron chi connectivity index (χ0n) is 6.99. The van der Waals surface area contributed by atoms with Crippen LogP contribution in [0.15, 0.2) is 30.3 Å². The first kappa shape index (κ1) is 5.93. The third kappa shape index (κ3) is 2.19. The van der Waals surface area contributed by atoms with Crippen LogP contribution in [0.3, 0.4) is 0 Å². The molecule has 1 aromatic rings. The number of hydrogen-bond donors (Lipinski definition) is 1. The molecule has 0 aliphatic heterocycles. The van der Waals surface area contributed by atoms with Crippen LogP contribution >= 0.6 is 0 Å². The highest BCUT2D eigenvalue weighted by atomic mass is 16.3. The molecule has 0 saturated heterocycles. The highest BCUT2D eigenvalue weighted by Gasteiger charge is 1.95. The van der Waals surface area contributed by atoms with Crippen molar-refractivity contribution in [2.45, 2.75) is 19.4 Å². The summed E-state index contributed by atoms with van der Waals surface area (Å²) in [6.07, 6.45) is -1.12. The third-order valence-electron chi connectivity index (χ3n) is 1.23. The van der Waals surface area contributed by atoms with E-state index in [1.54, 1.807) is 6.92 Å². The van der Waals surface area contributed by atoms with E-state index in [1.807, 2.05) is 30.3 Å². The smallest absolute Gasteiger partial charge is 0.0552 e. The van der Waals surface area contributed by atoms with Gasteiger partial charge in [0.2, 0.25) is 0 Å². The number of benzene rings is 1. The van der Waals surface area contributed by atoms with Crippen LogP contribution in [0.1, 0.15) is 13.9 Å². The van der Waals surface area contributed by atoms with Crippen molar-refractivity contribution < 1.29 is 6.48 Å². The second-order valence-electron chi connectivity index (χ2n) is 2.32. The summed E-state index contributed by atoms with van der Waals surface area (Å²) in [6.45, 7) is 1.63. The maximum absolute atomic E-state index is 9.09. The van der Waals surface area contributed by atoms with Gasteiger partial charge in [0, 0.05) is 1.37 Å². The molecule has 0 saturated carbocycles. The highest BCUT2D eigenvalue weighted by molar-refractivity contribution is 5.15. The fraction of sp³-hybridized carbons (Fsp3) is 0.333. The minimum absolute atomic E-state index is 0.517. The maximum Gasteiger partial charge on any atom is 0.0552 e. The second-order valence-corrected chi connectivity index (χ2v) is 2.32. The van der Waals surface area contributed by atoms with E-state index in [4.69, 9.17) is 6.48 Å². The molecule has 1 aromatic carbocycles. The molecular formula is C9H12O. The summed E-state index contributed by atoms with van der Waals surface area (Å²) in [7, 11) is 0. The first-order valence-corrected chi connectivity index (χ1v) is 3.37. The van der Waals surface area contributed by atoms with Gasteiger partial charge in [0.15, 0.2) is 0 Å². The number of aliphatic hydroxyl groups is 1. The number of hydrogen-bond acceptors (Lipinski definition) is 1. The summed E-state index contributed by atoms with van der Waals surface area (Å²) in [5.41, 5.74) is 0.863. The van der Waals surface area contributed by atoms with Crippen LogP contribution in [0.25, 0.3) is 0 Å². The summed E-state index contributed by atoms with van der Waals surface area (Å²) in [5, 5.41) is 9.09. The van der Waals surface area contributed by atoms with Crippen LogP contribution in [0, 0.1) is 0 Å². The van der Waals surface area contributed by atoms with Crippen LogP contribution in [-0.2, 0) is 6.40 Å². The maximum atomic E-state index is 9.09. The predicted molar refractivity (Wildman–Crippen MR) is 41.8 cm³/mol. The summed E-state index contributed by atoms with van der Waals surface area (Å²) in [6, 6.07) is 9.35. The summed E-state index contributed by atoms with van der Waals surface area (Å²) in [4.78, 5) is 0. The van der Waals surface area contributed by atoms with Gasteiger partial charge in [-0.15, -0.1) is 0 Å². The van der Waals surface area contributed by atoms with E-state index in [9.17, 15) is 0 Å². The minimum Gasteiger partial charge on any atom is -0.393 e. The van der Waals surface area contributed by atoms with Gasteiger partial charge in [-0.2, -0.15) is 0 Å². The van der Waals surface area contributed by atoms with E-state index in [2.05, 4.69) is 0 Å². The van der Waals surface area contributed by atoms with E-state index in [1.165, 1.54) is 0 Å². The summed E-state index contributed by atoms with van der Waals surface area (Å²) < 4.78 is 7.52. The first-order valence-electron chi connectivity index (χ1n) is 3.95. The lowest BCUT2D eigenvalue weighted by atomic mass is 10.1. The van der Waals surface area contributed by atoms with Gasteiger partial charge in [-0.1, -0.05) is 30.3 Å². The molecule has 0 aliphatic carbocycles. The molecule has 0 aromatic heterocycles. The Bertz CT molecular complexity index is 208. The standard InChI is InChI=1S/C9H12O/c1-8(10)7-9-5-3-2-4-6-9/h2-6,8,10H,7H2,1H3/t8-/m1/s1/i7D/t7-,8+/m0. The Hall–Kier alpha value is -0.820. The van der Waals surface area contributed by atoms with E-state index in [-0.39, 0.29) is 0 Å². The molecule has 0 heterocycles. The molecule has 54 valence electrons. The minimum atomic E-state index is -0.600. The van der Waals surface area contributed by atoms with Crippen molar-refractivity contribution in [3.63, 3.8) is 0 Å². The van der Waals surface area contributed by atoms with Gasteiger partial charge in [-0.25, -0.2) is 0 Å². The Kier molecular flexibility index (Phi) is 2.00. The van der Waals surface area contributed by atoms with E-state index in [0.29, 0.717) is 0 Å². The molecule has 1 N–H and O–H groups in total. The van der Waals surface area contributed by atoms with Gasteiger partial charge in [0.25, 0.3) is 0 Å². The molecule has 1 rings (SSSR count). The molecule has 0 radical (unpaired) electrons. The van der Waals surface area contributed by atoms with Gasteiger partial charge in [0.1, 0.15) is 0 Å². The molecule has 10 heavy (non-hydrogen) atoms. The van der Waals surface area contributed by atoms with Crippen molar-refractivity contribution in [3.05, 3.63) is 35.9 Å². The van der Waals surface area contributed by atoms with Crippen molar-refractivity contribution in [1.82, 2.24) is 0 Å². The van der Waals surface area contributed by atoms with Crippen molar-refractivity contribution in [2.75, 3.05) is 0 Å². The van der Waals surface area contributed by atoms with Crippen LogP contribution in [0.5, 0.6) is 0 Å². The van der Waals surface area contributed by atoms with E-state index >= 15 is 0 Å². The molecule has 0 unspecified atom stereocenters. The molecule has 0 fully saturated rings. The fourth-order valence-corrected chi connectivity index (χ4v) is 0.843. The monoisotopic (exact) mass is 137 g/mol. The van der Waals surface area contributed by atoms with Crippen molar-refractivity contribution >= 4 is 0 Å². The number of aliphatic hydroxyl groups excluding tert-OH is 1. The normalized spacial score (nSPS) is 17.6. The third-order valence-corrected chi connectivity index (χ3v) is 1.23. The lowest BCUT2D eigenvalue weighted by molar-refractivity contribution is 0.195. The summed E-state index contributed by atoms with van der Waals surface area (Å²) >= 11 is 0. The fourth-order valence-electron chi connectivity index (χ4n) is 0.843. The molecule has 2 atom stereocenters. The van der Waals surface area contributed by atoms with E-state index in [0.717, 1.165) is 5.56 Å². The van der Waals surface area contributed by atoms with Crippen LogP contribution in [0.4, 0.5) is 0 Å². The lowest BCUT2D eigenvalue weighted by Gasteiger charge is -2.01. The Labute approximate surface area is 62.7 Å². The Morgan fingerprint density at radius 1 is 1.50 bits per heavy atom. The van der Waals surface area contributed by atoms with Crippen molar-refractivity contribution in [2.24, 2.45) is 0 Å². The number of rotatable bonds is 2.